The van der Waals surface area contributed by atoms with Crippen LogP contribution < -0.4 is 0 Å². The lowest BCUT2D eigenvalue weighted by Crippen LogP contribution is -2.22. The number of likely N-dealkylation sites (N-methyl/N-ethyl adjacent to an activating group) is 1. The fraction of sp³-hybridized carbons (Fsp3) is 0.455. The van der Waals surface area contributed by atoms with E-state index >= 15 is 0 Å². The highest BCUT2D eigenvalue weighted by Gasteiger charge is 2.19. The average molecular weight is 399 g/mol. The van der Waals surface area contributed by atoms with Crippen LogP contribution in [0.5, 0.6) is 0 Å². The number of benzene rings is 1. The van der Waals surface area contributed by atoms with E-state index in [2.05, 4.69) is 70.6 Å². The van der Waals surface area contributed by atoms with Crippen LogP contribution in [0.4, 0.5) is 0 Å². The molecule has 1 atom stereocenters. The lowest BCUT2D eigenvalue weighted by Gasteiger charge is -2.17. The van der Waals surface area contributed by atoms with Gasteiger partial charge in [-0.05, 0) is 32.4 Å². The van der Waals surface area contributed by atoms with E-state index in [0.29, 0.717) is 6.10 Å². The van der Waals surface area contributed by atoms with Crippen LogP contribution in [0.15, 0.2) is 53.7 Å². The monoisotopic (exact) mass is 398 g/mol. The molecule has 0 saturated carbocycles. The molecule has 150 valence electrons. The Bertz CT molecular complexity index is 781. The largest absolute Gasteiger partial charge is 0.377 e. The number of ether oxygens (including phenoxy) is 1. The van der Waals surface area contributed by atoms with Crippen LogP contribution in [0.25, 0.3) is 6.08 Å². The van der Waals surface area contributed by atoms with Gasteiger partial charge >= 0.3 is 0 Å². The predicted octanol–water partition coefficient (Wildman–Crippen LogP) is 4.27. The highest BCUT2D eigenvalue weighted by atomic mass is 32.2. The Labute approximate surface area is 172 Å². The maximum atomic E-state index is 5.73. The fourth-order valence-corrected chi connectivity index (χ4v) is 4.43. The molecule has 3 rings (SSSR count). The summed E-state index contributed by atoms with van der Waals surface area (Å²) < 4.78 is 7.89. The van der Waals surface area contributed by atoms with Crippen molar-refractivity contribution in [3.05, 3.63) is 59.9 Å². The Hall–Kier alpha value is -1.89. The summed E-state index contributed by atoms with van der Waals surface area (Å²) in [5.41, 5.74) is 2.55. The van der Waals surface area contributed by atoms with Crippen molar-refractivity contribution < 1.29 is 4.74 Å². The van der Waals surface area contributed by atoms with E-state index in [1.807, 2.05) is 12.1 Å². The third-order valence-electron chi connectivity index (χ3n) is 4.67. The summed E-state index contributed by atoms with van der Waals surface area (Å²) in [7, 11) is 2.12. The molecule has 1 fully saturated rings. The van der Waals surface area contributed by atoms with Crippen LogP contribution >= 0.6 is 11.8 Å². The summed E-state index contributed by atoms with van der Waals surface area (Å²) in [6.07, 6.45) is 6.79. The van der Waals surface area contributed by atoms with E-state index in [-0.39, 0.29) is 0 Å². The summed E-state index contributed by atoms with van der Waals surface area (Å²) in [5, 5.41) is 9.83. The van der Waals surface area contributed by atoms with E-state index < -0.39 is 0 Å². The third kappa shape index (κ3) is 6.06. The molecule has 1 aromatic heterocycles. The molecule has 1 aliphatic heterocycles. The number of nitrogens with zero attached hydrogens (tertiary/aromatic N) is 4. The SMILES string of the molecule is C=CCn1c(CN(C)C/C(C)=C/c2ccccc2)nnc1SCC1CCCO1. The highest BCUT2D eigenvalue weighted by molar-refractivity contribution is 7.99. The van der Waals surface area contributed by atoms with Gasteiger partial charge in [-0.25, -0.2) is 0 Å². The van der Waals surface area contributed by atoms with Gasteiger partial charge in [-0.15, -0.1) is 16.8 Å². The number of thioether (sulfide) groups is 1. The van der Waals surface area contributed by atoms with Crippen molar-refractivity contribution in [3.63, 3.8) is 0 Å². The molecule has 0 N–H and O–H groups in total. The maximum absolute atomic E-state index is 5.73. The number of hydrogen-bond donors (Lipinski definition) is 0. The van der Waals surface area contributed by atoms with Gasteiger partial charge in [0.05, 0.1) is 12.6 Å². The minimum absolute atomic E-state index is 0.343. The molecule has 0 spiro atoms. The molecule has 6 heteroatoms. The van der Waals surface area contributed by atoms with Crippen LogP contribution in [0.1, 0.15) is 31.2 Å². The molecular weight excluding hydrogens is 368 g/mol. The number of aromatic nitrogens is 3. The van der Waals surface area contributed by atoms with Gasteiger partial charge < -0.3 is 9.30 Å². The zero-order valence-electron chi connectivity index (χ0n) is 16.9. The van der Waals surface area contributed by atoms with Crippen molar-refractivity contribution in [1.29, 1.82) is 0 Å². The number of hydrogen-bond acceptors (Lipinski definition) is 5. The molecular formula is C22H30N4OS. The van der Waals surface area contributed by atoms with Gasteiger partial charge in [0.15, 0.2) is 5.16 Å². The van der Waals surface area contributed by atoms with E-state index in [1.54, 1.807) is 11.8 Å². The first-order chi connectivity index (χ1) is 13.7. The van der Waals surface area contributed by atoms with E-state index in [0.717, 1.165) is 55.8 Å². The van der Waals surface area contributed by atoms with Crippen LogP contribution in [0, 0.1) is 0 Å². The normalized spacial score (nSPS) is 17.4. The van der Waals surface area contributed by atoms with Crippen molar-refractivity contribution in [2.24, 2.45) is 0 Å². The molecule has 1 aromatic carbocycles. The Morgan fingerprint density at radius 3 is 2.89 bits per heavy atom. The summed E-state index contributed by atoms with van der Waals surface area (Å²) in [4.78, 5) is 2.27. The molecule has 2 aromatic rings. The second-order valence-corrected chi connectivity index (χ2v) is 8.30. The average Bonchev–Trinajstić information content (AvgIpc) is 3.32. The minimum Gasteiger partial charge on any atom is -0.377 e. The Morgan fingerprint density at radius 1 is 1.36 bits per heavy atom. The second kappa shape index (κ2) is 10.6. The van der Waals surface area contributed by atoms with E-state index in [9.17, 15) is 0 Å². The van der Waals surface area contributed by atoms with Crippen molar-refractivity contribution in [1.82, 2.24) is 19.7 Å². The second-order valence-electron chi connectivity index (χ2n) is 7.32. The molecule has 1 aliphatic rings. The Balaban J connectivity index is 1.60. The van der Waals surface area contributed by atoms with Gasteiger partial charge in [-0.2, -0.15) is 0 Å². The first-order valence-corrected chi connectivity index (χ1v) is 10.8. The van der Waals surface area contributed by atoms with Gasteiger partial charge in [-0.3, -0.25) is 4.90 Å². The van der Waals surface area contributed by atoms with Gasteiger partial charge in [0.2, 0.25) is 0 Å². The smallest absolute Gasteiger partial charge is 0.191 e. The summed E-state index contributed by atoms with van der Waals surface area (Å²) in [6.45, 7) is 9.31. The van der Waals surface area contributed by atoms with E-state index in [4.69, 9.17) is 4.74 Å². The molecule has 0 aliphatic carbocycles. The van der Waals surface area contributed by atoms with Crippen LogP contribution in [-0.4, -0.2) is 51.7 Å². The van der Waals surface area contributed by atoms with Crippen molar-refractivity contribution in [3.8, 4) is 0 Å². The lowest BCUT2D eigenvalue weighted by atomic mass is 10.1. The molecule has 2 heterocycles. The quantitative estimate of drug-likeness (QED) is 0.442. The molecule has 5 nitrogen and oxygen atoms in total. The molecule has 0 bridgehead atoms. The first-order valence-electron chi connectivity index (χ1n) is 9.84. The number of allylic oxidation sites excluding steroid dienone is 1. The van der Waals surface area contributed by atoms with Crippen LogP contribution in [0.3, 0.4) is 0 Å². The van der Waals surface area contributed by atoms with Crippen LogP contribution in [-0.2, 0) is 17.8 Å². The molecule has 1 unspecified atom stereocenters. The topological polar surface area (TPSA) is 43.2 Å². The molecule has 1 saturated heterocycles. The van der Waals surface area contributed by atoms with Crippen molar-refractivity contribution in [2.75, 3.05) is 26.0 Å². The van der Waals surface area contributed by atoms with Gasteiger partial charge in [0, 0.05) is 25.4 Å². The molecule has 0 radical (unpaired) electrons. The first kappa shape index (κ1) is 20.8. The zero-order chi connectivity index (χ0) is 19.8. The summed E-state index contributed by atoms with van der Waals surface area (Å²) >= 11 is 1.73. The number of rotatable bonds is 10. The molecule has 0 amide bonds. The van der Waals surface area contributed by atoms with Crippen molar-refractivity contribution >= 4 is 17.8 Å². The van der Waals surface area contributed by atoms with Gasteiger partial charge in [0.25, 0.3) is 0 Å². The summed E-state index contributed by atoms with van der Waals surface area (Å²) in [6, 6.07) is 10.4. The predicted molar refractivity (Wildman–Crippen MR) is 116 cm³/mol. The van der Waals surface area contributed by atoms with Gasteiger partial charge in [-0.1, -0.05) is 59.8 Å². The fourth-order valence-electron chi connectivity index (χ4n) is 3.40. The Kier molecular flexibility index (Phi) is 7.89. The van der Waals surface area contributed by atoms with E-state index in [1.165, 1.54) is 11.1 Å². The maximum Gasteiger partial charge on any atom is 0.191 e. The minimum atomic E-state index is 0.343. The third-order valence-corrected chi connectivity index (χ3v) is 5.77. The zero-order valence-corrected chi connectivity index (χ0v) is 17.7. The lowest BCUT2D eigenvalue weighted by molar-refractivity contribution is 0.129. The highest BCUT2D eigenvalue weighted by Crippen LogP contribution is 2.23. The Morgan fingerprint density at radius 2 is 2.18 bits per heavy atom. The van der Waals surface area contributed by atoms with Gasteiger partial charge in [0.1, 0.15) is 5.82 Å². The van der Waals surface area contributed by atoms with Crippen molar-refractivity contribution in [2.45, 2.75) is 44.1 Å². The summed E-state index contributed by atoms with van der Waals surface area (Å²) in [5.74, 6) is 1.91. The molecule has 28 heavy (non-hydrogen) atoms. The van der Waals surface area contributed by atoms with Crippen LogP contribution in [0.2, 0.25) is 0 Å². The standard InChI is InChI=1S/C22H30N4OS/c1-4-12-26-21(23-24-22(26)28-17-20-11-8-13-27-20)16-25(3)15-18(2)14-19-9-6-5-7-10-19/h4-7,9-10,14,20H,1,8,11-13,15-17H2,2-3H3/b18-14+.